The summed E-state index contributed by atoms with van der Waals surface area (Å²) in [4.78, 5) is 10.5. The molecule has 2 bridgehead atoms. The van der Waals surface area contributed by atoms with Gasteiger partial charge in [-0.3, -0.25) is 4.79 Å². The van der Waals surface area contributed by atoms with Gasteiger partial charge in [-0.05, 0) is 41.6 Å². The Bertz CT molecular complexity index is 348. The van der Waals surface area contributed by atoms with Crippen LogP contribution in [-0.4, -0.2) is 24.8 Å². The van der Waals surface area contributed by atoms with E-state index in [4.69, 9.17) is 4.74 Å². The summed E-state index contributed by atoms with van der Waals surface area (Å²) in [6.45, 7) is 7.89. The van der Waals surface area contributed by atoms with Gasteiger partial charge in [0.1, 0.15) is 0 Å². The van der Waals surface area contributed by atoms with Gasteiger partial charge in [-0.25, -0.2) is 0 Å². The first kappa shape index (κ1) is 13.6. The first-order valence-electron chi connectivity index (χ1n) is 6.92. The maximum atomic E-state index is 10.5. The molecular formula is C15H24O3. The predicted octanol–water partition coefficient (Wildman–Crippen LogP) is 2.40. The fourth-order valence-corrected chi connectivity index (χ4v) is 4.08. The van der Waals surface area contributed by atoms with Crippen molar-refractivity contribution < 1.29 is 14.6 Å². The molecule has 3 nitrogen and oxygen atoms in total. The van der Waals surface area contributed by atoms with Crippen molar-refractivity contribution in [3.05, 3.63) is 11.6 Å². The molecular weight excluding hydrogens is 228 g/mol. The van der Waals surface area contributed by atoms with Gasteiger partial charge in [0, 0.05) is 5.92 Å². The molecule has 1 saturated carbocycles. The largest absolute Gasteiger partial charge is 0.468 e. The molecule has 0 aromatic heterocycles. The summed E-state index contributed by atoms with van der Waals surface area (Å²) in [6, 6.07) is 0. The first-order valence-corrected chi connectivity index (χ1v) is 6.92. The van der Waals surface area contributed by atoms with E-state index in [0.717, 1.165) is 12.0 Å². The molecule has 18 heavy (non-hydrogen) atoms. The van der Waals surface area contributed by atoms with Crippen LogP contribution in [0.15, 0.2) is 11.6 Å². The molecule has 0 unspecified atom stereocenters. The summed E-state index contributed by atoms with van der Waals surface area (Å²) in [5.41, 5.74) is 1.17. The predicted molar refractivity (Wildman–Crippen MR) is 69.8 cm³/mol. The Morgan fingerprint density at radius 3 is 2.89 bits per heavy atom. The van der Waals surface area contributed by atoms with E-state index in [0.29, 0.717) is 36.8 Å². The number of carbonyl (C=O) groups excluding carboxylic acids is 1. The Morgan fingerprint density at radius 1 is 1.61 bits per heavy atom. The van der Waals surface area contributed by atoms with E-state index < -0.39 is 0 Å². The maximum Gasteiger partial charge on any atom is 0.293 e. The highest BCUT2D eigenvalue weighted by molar-refractivity contribution is 5.37. The number of ether oxygens (including phenoxy) is 1. The minimum atomic E-state index is 0.0216. The molecule has 0 heterocycles. The van der Waals surface area contributed by atoms with Gasteiger partial charge in [-0.1, -0.05) is 26.8 Å². The quantitative estimate of drug-likeness (QED) is 0.603. The molecule has 2 aliphatic rings. The number of carbonyl (C=O) groups is 1. The molecule has 2 aliphatic carbocycles. The topological polar surface area (TPSA) is 46.5 Å². The number of allylic oxidation sites excluding steroid dienone is 1. The Balaban J connectivity index is 2.26. The van der Waals surface area contributed by atoms with Crippen molar-refractivity contribution in [1.82, 2.24) is 0 Å². The van der Waals surface area contributed by atoms with Crippen LogP contribution in [0.2, 0.25) is 0 Å². The van der Waals surface area contributed by atoms with Crippen molar-refractivity contribution >= 4 is 6.47 Å². The average molecular weight is 252 g/mol. The van der Waals surface area contributed by atoms with Crippen LogP contribution in [0.3, 0.4) is 0 Å². The van der Waals surface area contributed by atoms with Gasteiger partial charge in [0.25, 0.3) is 6.47 Å². The molecule has 1 fully saturated rings. The van der Waals surface area contributed by atoms with Gasteiger partial charge >= 0.3 is 0 Å². The lowest BCUT2D eigenvalue weighted by atomic mass is 9.60. The zero-order valence-electron chi connectivity index (χ0n) is 11.6. The minimum absolute atomic E-state index is 0.0216. The lowest BCUT2D eigenvalue weighted by Gasteiger charge is -2.45. The third kappa shape index (κ3) is 1.99. The Labute approximate surface area is 109 Å². The Morgan fingerprint density at radius 2 is 2.33 bits per heavy atom. The standard InChI is InChI=1S/C15H24O3/c1-10(2)12-4-5-15(3)11(7-16)6-13(12)14(15)8-18-9-17/h6,9-10,12-14,16H,4-5,7-8H2,1-3H3/t12-,13+,14+,15+/m1/s1. The number of aliphatic hydroxyl groups is 1. The van der Waals surface area contributed by atoms with E-state index in [-0.39, 0.29) is 12.0 Å². The maximum absolute atomic E-state index is 10.5. The van der Waals surface area contributed by atoms with E-state index in [1.165, 1.54) is 6.42 Å². The number of fused-ring (bicyclic) bond motifs is 2. The summed E-state index contributed by atoms with van der Waals surface area (Å²) in [6.07, 6.45) is 4.55. The molecule has 3 heteroatoms. The summed E-state index contributed by atoms with van der Waals surface area (Å²) in [5, 5.41) is 9.57. The smallest absolute Gasteiger partial charge is 0.293 e. The lowest BCUT2D eigenvalue weighted by Crippen LogP contribution is -2.41. The summed E-state index contributed by atoms with van der Waals surface area (Å²) < 4.78 is 5.04. The van der Waals surface area contributed by atoms with Crippen LogP contribution >= 0.6 is 0 Å². The molecule has 0 radical (unpaired) electrons. The highest BCUT2D eigenvalue weighted by atomic mass is 16.5. The fourth-order valence-electron chi connectivity index (χ4n) is 4.08. The minimum Gasteiger partial charge on any atom is -0.468 e. The molecule has 0 aliphatic heterocycles. The van der Waals surface area contributed by atoms with E-state index >= 15 is 0 Å². The zero-order chi connectivity index (χ0) is 13.3. The number of hydrogen-bond donors (Lipinski definition) is 1. The Hall–Kier alpha value is -0.830. The van der Waals surface area contributed by atoms with Crippen molar-refractivity contribution in [2.75, 3.05) is 13.2 Å². The third-order valence-electron chi connectivity index (χ3n) is 5.27. The summed E-state index contributed by atoms with van der Waals surface area (Å²) in [5.74, 6) is 2.06. The molecule has 0 aromatic rings. The van der Waals surface area contributed by atoms with Crippen LogP contribution in [0.5, 0.6) is 0 Å². The second-order valence-corrected chi connectivity index (χ2v) is 6.33. The number of aliphatic hydroxyl groups excluding tert-OH is 1. The molecule has 0 spiro atoms. The third-order valence-corrected chi connectivity index (χ3v) is 5.27. The average Bonchev–Trinajstić information content (AvgIpc) is 2.50. The van der Waals surface area contributed by atoms with Crippen molar-refractivity contribution in [2.45, 2.75) is 33.6 Å². The highest BCUT2D eigenvalue weighted by Crippen LogP contribution is 2.58. The van der Waals surface area contributed by atoms with Crippen LogP contribution in [0.4, 0.5) is 0 Å². The van der Waals surface area contributed by atoms with Crippen molar-refractivity contribution in [3.8, 4) is 0 Å². The summed E-state index contributed by atoms with van der Waals surface area (Å²) in [7, 11) is 0. The molecule has 4 atom stereocenters. The molecule has 0 saturated heterocycles. The van der Waals surface area contributed by atoms with Crippen LogP contribution in [-0.2, 0) is 9.53 Å². The highest BCUT2D eigenvalue weighted by Gasteiger charge is 2.52. The SMILES string of the molecule is CC(C)[C@H]1CC[C@@]2(C)C(CO)=C[C@@H]1[C@@H]2COC=O. The zero-order valence-corrected chi connectivity index (χ0v) is 11.6. The molecule has 0 amide bonds. The van der Waals surface area contributed by atoms with E-state index in [1.807, 2.05) is 0 Å². The molecule has 102 valence electrons. The second-order valence-electron chi connectivity index (χ2n) is 6.33. The Kier molecular flexibility index (Phi) is 3.81. The van der Waals surface area contributed by atoms with Gasteiger partial charge in [-0.15, -0.1) is 0 Å². The van der Waals surface area contributed by atoms with Gasteiger partial charge in [-0.2, -0.15) is 0 Å². The second kappa shape index (κ2) is 5.04. The lowest BCUT2D eigenvalue weighted by molar-refractivity contribution is -0.132. The molecule has 0 aromatic carbocycles. The van der Waals surface area contributed by atoms with Crippen LogP contribution in [0, 0.1) is 29.1 Å². The molecule has 1 N–H and O–H groups in total. The molecule has 2 rings (SSSR count). The first-order chi connectivity index (χ1) is 8.54. The van der Waals surface area contributed by atoms with Crippen LogP contribution in [0.1, 0.15) is 33.6 Å². The summed E-state index contributed by atoms with van der Waals surface area (Å²) >= 11 is 0. The van der Waals surface area contributed by atoms with Gasteiger partial charge in [0.15, 0.2) is 0 Å². The van der Waals surface area contributed by atoms with E-state index in [2.05, 4.69) is 26.8 Å². The number of rotatable bonds is 5. The number of hydrogen-bond acceptors (Lipinski definition) is 3. The van der Waals surface area contributed by atoms with Crippen molar-refractivity contribution in [1.29, 1.82) is 0 Å². The van der Waals surface area contributed by atoms with Crippen LogP contribution < -0.4 is 0 Å². The van der Waals surface area contributed by atoms with Gasteiger partial charge in [0.05, 0.1) is 13.2 Å². The van der Waals surface area contributed by atoms with Crippen molar-refractivity contribution in [2.24, 2.45) is 29.1 Å². The van der Waals surface area contributed by atoms with E-state index in [1.54, 1.807) is 0 Å². The van der Waals surface area contributed by atoms with Crippen LogP contribution in [0.25, 0.3) is 0 Å². The van der Waals surface area contributed by atoms with Gasteiger partial charge < -0.3 is 9.84 Å². The fraction of sp³-hybridized carbons (Fsp3) is 0.800. The van der Waals surface area contributed by atoms with E-state index in [9.17, 15) is 9.90 Å². The van der Waals surface area contributed by atoms with Gasteiger partial charge in [0.2, 0.25) is 0 Å². The van der Waals surface area contributed by atoms with Crippen molar-refractivity contribution in [3.63, 3.8) is 0 Å². The monoisotopic (exact) mass is 252 g/mol. The normalized spacial score (nSPS) is 38.7.